The first-order chi connectivity index (χ1) is 9.30. The number of aryl methyl sites for hydroxylation is 1. The molecule has 3 nitrogen and oxygen atoms in total. The van der Waals surface area contributed by atoms with Crippen LogP contribution in [-0.4, -0.2) is 15.6 Å². The van der Waals surface area contributed by atoms with Crippen LogP contribution in [0.5, 0.6) is 0 Å². The molecule has 2 rings (SSSR count). The number of nitrogens with one attached hydrogen (secondary N) is 1. The van der Waals surface area contributed by atoms with Crippen LogP contribution in [0.2, 0.25) is 0 Å². The highest BCUT2D eigenvalue weighted by atomic mass is 15.1. The van der Waals surface area contributed by atoms with Gasteiger partial charge in [0.1, 0.15) is 5.82 Å². The van der Waals surface area contributed by atoms with Gasteiger partial charge in [-0.3, -0.25) is 5.32 Å². The molecule has 0 bridgehead atoms. The highest BCUT2D eigenvalue weighted by molar-refractivity contribution is 5.75. The van der Waals surface area contributed by atoms with Crippen molar-refractivity contribution < 1.29 is 0 Å². The predicted molar refractivity (Wildman–Crippen MR) is 79.8 cm³/mol. The molecule has 0 radical (unpaired) electrons. The highest BCUT2D eigenvalue weighted by Gasteiger charge is 2.10. The molecule has 0 fully saturated rings. The lowest BCUT2D eigenvalue weighted by atomic mass is 10.2. The number of aromatic nitrogens is 2. The van der Waals surface area contributed by atoms with Crippen LogP contribution < -0.4 is 5.32 Å². The van der Waals surface area contributed by atoms with Gasteiger partial charge in [0.2, 0.25) is 0 Å². The second-order valence-electron chi connectivity index (χ2n) is 4.65. The van der Waals surface area contributed by atoms with Gasteiger partial charge in [0.15, 0.2) is 0 Å². The fourth-order valence-electron chi connectivity index (χ4n) is 2.36. The number of terminal acetylenes is 1. The zero-order chi connectivity index (χ0) is 13.7. The van der Waals surface area contributed by atoms with Gasteiger partial charge in [-0.25, -0.2) is 4.98 Å². The van der Waals surface area contributed by atoms with Crippen LogP contribution >= 0.6 is 0 Å². The van der Waals surface area contributed by atoms with Crippen LogP contribution in [0.1, 0.15) is 32.5 Å². The normalized spacial score (nSPS) is 12.5. The number of imidazole rings is 1. The summed E-state index contributed by atoms with van der Waals surface area (Å²) in [7, 11) is 0. The Bertz CT molecular complexity index is 577. The van der Waals surface area contributed by atoms with Gasteiger partial charge >= 0.3 is 0 Å². The Morgan fingerprint density at radius 3 is 2.84 bits per heavy atom. The molecule has 0 amide bonds. The first-order valence-electron chi connectivity index (χ1n) is 6.93. The van der Waals surface area contributed by atoms with Crippen molar-refractivity contribution >= 4 is 11.0 Å². The van der Waals surface area contributed by atoms with Crippen LogP contribution in [0.3, 0.4) is 0 Å². The second-order valence-corrected chi connectivity index (χ2v) is 4.65. The lowest BCUT2D eigenvalue weighted by molar-refractivity contribution is 0.538. The van der Waals surface area contributed by atoms with Gasteiger partial charge in [0.25, 0.3) is 0 Å². The lowest BCUT2D eigenvalue weighted by Crippen LogP contribution is -2.28. The van der Waals surface area contributed by atoms with Gasteiger partial charge in [-0.2, -0.15) is 0 Å². The van der Waals surface area contributed by atoms with E-state index in [1.165, 1.54) is 5.52 Å². The Kier molecular flexibility index (Phi) is 4.59. The average Bonchev–Trinajstić information content (AvgIpc) is 2.80. The Labute approximate surface area is 115 Å². The minimum atomic E-state index is 0.134. The fraction of sp³-hybridized carbons (Fsp3) is 0.438. The van der Waals surface area contributed by atoms with Gasteiger partial charge in [0, 0.05) is 6.54 Å². The molecule has 1 heterocycles. The summed E-state index contributed by atoms with van der Waals surface area (Å²) in [6, 6.07) is 8.37. The molecule has 0 aliphatic rings. The fourth-order valence-corrected chi connectivity index (χ4v) is 2.36. The maximum atomic E-state index is 5.53. The third-order valence-corrected chi connectivity index (χ3v) is 3.33. The quantitative estimate of drug-likeness (QED) is 0.804. The van der Waals surface area contributed by atoms with E-state index in [0.717, 1.165) is 37.3 Å². The van der Waals surface area contributed by atoms with E-state index in [9.17, 15) is 0 Å². The number of rotatable bonds is 6. The van der Waals surface area contributed by atoms with Crippen molar-refractivity contribution in [3.8, 4) is 12.3 Å². The largest absolute Gasteiger partial charge is 0.327 e. The topological polar surface area (TPSA) is 29.9 Å². The summed E-state index contributed by atoms with van der Waals surface area (Å²) in [6.07, 6.45) is 7.62. The van der Waals surface area contributed by atoms with Crippen LogP contribution in [-0.2, 0) is 13.1 Å². The van der Waals surface area contributed by atoms with Crippen molar-refractivity contribution in [1.29, 1.82) is 0 Å². The monoisotopic (exact) mass is 255 g/mol. The number of hydrogen-bond acceptors (Lipinski definition) is 2. The van der Waals surface area contributed by atoms with Gasteiger partial charge in [-0.05, 0) is 25.5 Å². The SMILES string of the molecule is C#CC(CCC)NCc1nc2ccccc2n1CC. The first kappa shape index (κ1) is 13.6. The Morgan fingerprint density at radius 2 is 2.16 bits per heavy atom. The van der Waals surface area contributed by atoms with E-state index >= 15 is 0 Å². The molecular weight excluding hydrogens is 234 g/mol. The molecule has 19 heavy (non-hydrogen) atoms. The Morgan fingerprint density at radius 1 is 1.37 bits per heavy atom. The predicted octanol–water partition coefficient (Wildman–Crippen LogP) is 2.95. The highest BCUT2D eigenvalue weighted by Crippen LogP contribution is 2.15. The van der Waals surface area contributed by atoms with Crippen LogP contribution in [0.15, 0.2) is 24.3 Å². The molecule has 2 aromatic rings. The molecule has 0 aliphatic carbocycles. The van der Waals surface area contributed by atoms with Crippen LogP contribution in [0, 0.1) is 12.3 Å². The maximum Gasteiger partial charge on any atom is 0.123 e. The average molecular weight is 255 g/mol. The molecule has 100 valence electrons. The Hall–Kier alpha value is -1.79. The maximum absolute atomic E-state index is 5.53. The van der Waals surface area contributed by atoms with Gasteiger partial charge in [0.05, 0.1) is 23.6 Å². The minimum absolute atomic E-state index is 0.134. The summed E-state index contributed by atoms with van der Waals surface area (Å²) in [5.74, 6) is 3.85. The molecule has 1 N–H and O–H groups in total. The summed E-state index contributed by atoms with van der Waals surface area (Å²) >= 11 is 0. The van der Waals surface area contributed by atoms with Crippen molar-refractivity contribution in [2.45, 2.75) is 45.8 Å². The van der Waals surface area contributed by atoms with Crippen molar-refractivity contribution in [3.05, 3.63) is 30.1 Å². The first-order valence-corrected chi connectivity index (χ1v) is 6.93. The molecule has 0 saturated carbocycles. The van der Waals surface area contributed by atoms with E-state index in [2.05, 4.69) is 52.8 Å². The third-order valence-electron chi connectivity index (χ3n) is 3.33. The van der Waals surface area contributed by atoms with Crippen molar-refractivity contribution in [2.75, 3.05) is 0 Å². The summed E-state index contributed by atoms with van der Waals surface area (Å²) in [6.45, 7) is 5.93. The number of benzene rings is 1. The molecule has 1 aromatic heterocycles. The van der Waals surface area contributed by atoms with E-state index in [1.807, 2.05) is 6.07 Å². The zero-order valence-corrected chi connectivity index (χ0v) is 11.7. The van der Waals surface area contributed by atoms with Gasteiger partial charge in [-0.15, -0.1) is 6.42 Å². The van der Waals surface area contributed by atoms with Crippen molar-refractivity contribution in [3.63, 3.8) is 0 Å². The standard InChI is InChI=1S/C16H21N3/c1-4-9-13(5-2)17-12-16-18-14-10-7-8-11-15(14)19(16)6-3/h2,7-8,10-11,13,17H,4,6,9,12H2,1,3H3. The number of fused-ring (bicyclic) bond motifs is 1. The zero-order valence-electron chi connectivity index (χ0n) is 11.7. The van der Waals surface area contributed by atoms with Gasteiger partial charge < -0.3 is 4.57 Å². The summed E-state index contributed by atoms with van der Waals surface area (Å²) in [4.78, 5) is 4.68. The number of hydrogen-bond donors (Lipinski definition) is 1. The minimum Gasteiger partial charge on any atom is -0.327 e. The van der Waals surface area contributed by atoms with Gasteiger partial charge in [-0.1, -0.05) is 31.4 Å². The smallest absolute Gasteiger partial charge is 0.123 e. The molecule has 1 aromatic carbocycles. The lowest BCUT2D eigenvalue weighted by Gasteiger charge is -2.12. The van der Waals surface area contributed by atoms with E-state index in [1.54, 1.807) is 0 Å². The summed E-state index contributed by atoms with van der Waals surface area (Å²) in [5.41, 5.74) is 2.24. The van der Waals surface area contributed by atoms with E-state index in [-0.39, 0.29) is 6.04 Å². The molecule has 0 aliphatic heterocycles. The summed E-state index contributed by atoms with van der Waals surface area (Å²) in [5, 5.41) is 3.40. The van der Waals surface area contributed by atoms with Crippen molar-refractivity contribution in [1.82, 2.24) is 14.9 Å². The molecule has 1 atom stereocenters. The Balaban J connectivity index is 2.18. The van der Waals surface area contributed by atoms with E-state index < -0.39 is 0 Å². The molecule has 0 spiro atoms. The number of nitrogens with zero attached hydrogens (tertiary/aromatic N) is 2. The van der Waals surface area contributed by atoms with E-state index in [4.69, 9.17) is 6.42 Å². The molecular formula is C16H21N3. The third kappa shape index (κ3) is 2.97. The van der Waals surface area contributed by atoms with Crippen LogP contribution in [0.4, 0.5) is 0 Å². The molecule has 0 saturated heterocycles. The van der Waals surface area contributed by atoms with E-state index in [0.29, 0.717) is 0 Å². The number of para-hydroxylation sites is 2. The second kappa shape index (κ2) is 6.40. The summed E-state index contributed by atoms with van der Waals surface area (Å²) < 4.78 is 2.24. The molecule has 3 heteroatoms. The van der Waals surface area contributed by atoms with Crippen molar-refractivity contribution in [2.24, 2.45) is 0 Å². The van der Waals surface area contributed by atoms with Crippen LogP contribution in [0.25, 0.3) is 11.0 Å². The molecule has 1 unspecified atom stereocenters.